The first-order valence-corrected chi connectivity index (χ1v) is 5.49. The summed E-state index contributed by atoms with van der Waals surface area (Å²) < 4.78 is 5.03. The molecule has 1 rings (SSSR count). The largest absolute Gasteiger partial charge is 0.458 e. The highest BCUT2D eigenvalue weighted by Crippen LogP contribution is 2.11. The zero-order chi connectivity index (χ0) is 11.5. The van der Waals surface area contributed by atoms with Crippen LogP contribution in [0.4, 0.5) is 0 Å². The molecule has 1 aliphatic heterocycles. The smallest absolute Gasteiger partial charge is 0.340 e. The molecule has 0 aromatic heterocycles. The molecular weight excluding hydrogens is 194 g/mol. The van der Waals surface area contributed by atoms with Crippen LogP contribution in [0.25, 0.3) is 0 Å². The van der Waals surface area contributed by atoms with E-state index in [2.05, 4.69) is 0 Å². The van der Waals surface area contributed by atoms with Crippen molar-refractivity contribution in [3.63, 3.8) is 0 Å². The Morgan fingerprint density at radius 3 is 2.33 bits per heavy atom. The molecule has 0 saturated carbocycles. The average Bonchev–Trinajstić information content (AvgIpc) is 2.53. The van der Waals surface area contributed by atoms with Gasteiger partial charge in [-0.1, -0.05) is 0 Å². The number of likely N-dealkylation sites (tertiary alicyclic amines) is 1. The Labute approximate surface area is 91.2 Å². The van der Waals surface area contributed by atoms with Gasteiger partial charge < -0.3 is 9.64 Å². The molecule has 4 heteroatoms. The first-order chi connectivity index (χ1) is 6.88. The molecule has 1 atom stereocenters. The van der Waals surface area contributed by atoms with Crippen LogP contribution in [0.5, 0.6) is 0 Å². The molecule has 0 aliphatic carbocycles. The second-order valence-corrected chi connectivity index (χ2v) is 5.03. The van der Waals surface area contributed by atoms with Gasteiger partial charge in [0, 0.05) is 6.54 Å². The minimum Gasteiger partial charge on any atom is -0.458 e. The summed E-state index contributed by atoms with van der Waals surface area (Å²) in [5, 5.41) is 11.5. The molecule has 0 unspecified atom stereocenters. The Morgan fingerprint density at radius 2 is 1.87 bits per heavy atom. The number of ether oxygens (including phenoxy) is 1. The standard InChI is InChI=1S/C11H20NO3/c1-11(2,3)15-10(14)9(13)8-12-6-4-5-7-12/h9H,4-8H2,1-3H3/t9-/m1/s1. The highest BCUT2D eigenvalue weighted by Gasteiger charge is 2.27. The fourth-order valence-electron chi connectivity index (χ4n) is 1.64. The molecule has 1 aliphatic rings. The van der Waals surface area contributed by atoms with Crippen LogP contribution in [0, 0.1) is 0 Å². The molecule has 15 heavy (non-hydrogen) atoms. The highest BCUT2D eigenvalue weighted by molar-refractivity contribution is 5.75. The minimum atomic E-state index is -1.26. The van der Waals surface area contributed by atoms with E-state index in [9.17, 15) is 9.90 Å². The third-order valence-corrected chi connectivity index (χ3v) is 2.29. The van der Waals surface area contributed by atoms with E-state index in [1.807, 2.05) is 4.90 Å². The topological polar surface area (TPSA) is 49.4 Å². The van der Waals surface area contributed by atoms with Crippen molar-refractivity contribution >= 4 is 5.97 Å². The second-order valence-electron chi connectivity index (χ2n) is 5.03. The van der Waals surface area contributed by atoms with E-state index in [4.69, 9.17) is 4.74 Å². The Hall–Kier alpha value is -0.610. The fourth-order valence-corrected chi connectivity index (χ4v) is 1.64. The Balaban J connectivity index is 2.32. The molecular formula is C11H20NO3. The molecule has 4 nitrogen and oxygen atoms in total. The van der Waals surface area contributed by atoms with Crippen LogP contribution < -0.4 is 0 Å². The summed E-state index contributed by atoms with van der Waals surface area (Å²) in [5.41, 5.74) is -0.565. The molecule has 0 N–H and O–H groups in total. The van der Waals surface area contributed by atoms with Crippen LogP contribution in [0.2, 0.25) is 0 Å². The summed E-state index contributed by atoms with van der Waals surface area (Å²) in [5.74, 6) is -0.630. The number of hydrogen-bond acceptors (Lipinski definition) is 3. The van der Waals surface area contributed by atoms with Crippen molar-refractivity contribution in [3.8, 4) is 0 Å². The lowest BCUT2D eigenvalue weighted by molar-refractivity contribution is -0.169. The summed E-state index contributed by atoms with van der Waals surface area (Å²) in [7, 11) is 0. The van der Waals surface area contributed by atoms with Gasteiger partial charge in [-0.3, -0.25) is 0 Å². The van der Waals surface area contributed by atoms with E-state index < -0.39 is 17.7 Å². The van der Waals surface area contributed by atoms with Crippen molar-refractivity contribution < 1.29 is 14.6 Å². The molecule has 0 bridgehead atoms. The predicted molar refractivity (Wildman–Crippen MR) is 56.0 cm³/mol. The summed E-state index contributed by atoms with van der Waals surface area (Å²) in [4.78, 5) is 13.4. The lowest BCUT2D eigenvalue weighted by Gasteiger charge is -2.23. The van der Waals surface area contributed by atoms with Gasteiger partial charge in [0.15, 0.2) is 0 Å². The fraction of sp³-hybridized carbons (Fsp3) is 0.909. The van der Waals surface area contributed by atoms with Crippen molar-refractivity contribution in [2.24, 2.45) is 0 Å². The molecule has 87 valence electrons. The molecule has 0 amide bonds. The Bertz CT molecular complexity index is 216. The van der Waals surface area contributed by atoms with E-state index >= 15 is 0 Å². The van der Waals surface area contributed by atoms with E-state index in [1.54, 1.807) is 20.8 Å². The van der Waals surface area contributed by atoms with Gasteiger partial charge in [-0.05, 0) is 46.7 Å². The van der Waals surface area contributed by atoms with Crippen LogP contribution in [-0.4, -0.2) is 42.2 Å². The first kappa shape index (κ1) is 12.5. The quantitative estimate of drug-likeness (QED) is 0.664. The summed E-state index contributed by atoms with van der Waals surface area (Å²) in [6, 6.07) is 0. The van der Waals surface area contributed by atoms with Crippen LogP contribution >= 0.6 is 0 Å². The van der Waals surface area contributed by atoms with Gasteiger partial charge in [0.2, 0.25) is 6.10 Å². The van der Waals surface area contributed by atoms with Gasteiger partial charge in [0.05, 0.1) is 0 Å². The molecule has 0 aromatic carbocycles. The van der Waals surface area contributed by atoms with Crippen LogP contribution in [0.3, 0.4) is 0 Å². The average molecular weight is 214 g/mol. The number of esters is 1. The zero-order valence-corrected chi connectivity index (χ0v) is 9.78. The van der Waals surface area contributed by atoms with Gasteiger partial charge in [0.1, 0.15) is 5.60 Å². The third-order valence-electron chi connectivity index (χ3n) is 2.29. The van der Waals surface area contributed by atoms with Crippen LogP contribution in [0.15, 0.2) is 0 Å². The van der Waals surface area contributed by atoms with E-state index in [0.717, 1.165) is 25.9 Å². The molecule has 0 aromatic rings. The van der Waals surface area contributed by atoms with Crippen molar-refractivity contribution in [2.75, 3.05) is 19.6 Å². The normalized spacial score (nSPS) is 20.3. The maximum absolute atomic E-state index is 11.5. The zero-order valence-electron chi connectivity index (χ0n) is 9.78. The SMILES string of the molecule is CC(C)(C)OC(=O)[C@H]([O])CN1CCCC1. The minimum absolute atomic E-state index is 0.287. The van der Waals surface area contributed by atoms with Crippen LogP contribution in [0.1, 0.15) is 33.6 Å². The van der Waals surface area contributed by atoms with Gasteiger partial charge in [0.25, 0.3) is 0 Å². The van der Waals surface area contributed by atoms with Crippen molar-refractivity contribution in [3.05, 3.63) is 0 Å². The van der Waals surface area contributed by atoms with Gasteiger partial charge >= 0.3 is 5.97 Å². The van der Waals surface area contributed by atoms with Crippen LogP contribution in [-0.2, 0) is 14.6 Å². The summed E-state index contributed by atoms with van der Waals surface area (Å²) >= 11 is 0. The maximum atomic E-state index is 11.5. The first-order valence-electron chi connectivity index (χ1n) is 5.49. The number of nitrogens with zero attached hydrogens (tertiary/aromatic N) is 1. The van der Waals surface area contributed by atoms with Crippen molar-refractivity contribution in [2.45, 2.75) is 45.3 Å². The predicted octanol–water partition coefficient (Wildman–Crippen LogP) is 1.22. The Morgan fingerprint density at radius 1 is 1.33 bits per heavy atom. The number of rotatable bonds is 3. The lowest BCUT2D eigenvalue weighted by atomic mass is 10.2. The summed E-state index contributed by atoms with van der Waals surface area (Å²) in [6.07, 6.45) is 0.990. The molecule has 1 saturated heterocycles. The van der Waals surface area contributed by atoms with E-state index in [0.29, 0.717) is 0 Å². The number of hydrogen-bond donors (Lipinski definition) is 0. The third kappa shape index (κ3) is 4.62. The molecule has 1 radical (unpaired) electrons. The highest BCUT2D eigenvalue weighted by atomic mass is 16.6. The number of carbonyl (C=O) groups excluding carboxylic acids is 1. The summed E-state index contributed by atoms with van der Waals surface area (Å²) in [6.45, 7) is 7.46. The van der Waals surface area contributed by atoms with E-state index in [-0.39, 0.29) is 6.54 Å². The van der Waals surface area contributed by atoms with Gasteiger partial charge in [-0.2, -0.15) is 0 Å². The maximum Gasteiger partial charge on any atom is 0.340 e. The van der Waals surface area contributed by atoms with E-state index in [1.165, 1.54) is 0 Å². The number of carbonyl (C=O) groups is 1. The Kier molecular flexibility index (Phi) is 4.11. The second kappa shape index (κ2) is 4.94. The molecule has 1 heterocycles. The van der Waals surface area contributed by atoms with Crippen molar-refractivity contribution in [1.29, 1.82) is 0 Å². The van der Waals surface area contributed by atoms with Gasteiger partial charge in [-0.15, -0.1) is 0 Å². The molecule has 1 fully saturated rings. The lowest BCUT2D eigenvalue weighted by Crippen LogP contribution is -2.38. The monoisotopic (exact) mass is 214 g/mol. The molecule has 0 spiro atoms. The van der Waals surface area contributed by atoms with Gasteiger partial charge in [-0.25, -0.2) is 9.90 Å². The van der Waals surface area contributed by atoms with Crippen molar-refractivity contribution in [1.82, 2.24) is 4.90 Å².